The minimum atomic E-state index is -0.296. The molecule has 9 heavy (non-hydrogen) atoms. The number of hydrogen-bond acceptors (Lipinski definition) is 1. The van der Waals surface area contributed by atoms with Gasteiger partial charge in [-0.05, 0) is 12.3 Å². The maximum Gasteiger partial charge on any atom is 0.0651 e. The van der Waals surface area contributed by atoms with Crippen LogP contribution in [0.3, 0.4) is 0 Å². The Morgan fingerprint density at radius 3 is 2.44 bits per heavy atom. The van der Waals surface area contributed by atoms with Crippen molar-refractivity contribution in [3.8, 4) is 12.3 Å². The van der Waals surface area contributed by atoms with Gasteiger partial charge in [0.05, 0.1) is 6.10 Å². The molecule has 0 heterocycles. The number of rotatable bonds is 3. The molecule has 0 aromatic rings. The van der Waals surface area contributed by atoms with Crippen LogP contribution in [0.25, 0.3) is 0 Å². The zero-order chi connectivity index (χ0) is 7.28. The summed E-state index contributed by atoms with van der Waals surface area (Å²) in [6.07, 6.45) is 5.99. The van der Waals surface area contributed by atoms with Gasteiger partial charge >= 0.3 is 0 Å². The molecule has 0 saturated heterocycles. The first-order valence-corrected chi connectivity index (χ1v) is 3.28. The summed E-state index contributed by atoms with van der Waals surface area (Å²) in [6.45, 7) is 4.14. The maximum atomic E-state index is 9.08. The first kappa shape index (κ1) is 8.52. The van der Waals surface area contributed by atoms with Crippen molar-refractivity contribution in [3.05, 3.63) is 0 Å². The molecule has 0 aromatic carbocycles. The third-order valence-electron chi connectivity index (χ3n) is 1.10. The van der Waals surface area contributed by atoms with Crippen LogP contribution < -0.4 is 0 Å². The van der Waals surface area contributed by atoms with Crippen LogP contribution in [0, 0.1) is 18.3 Å². The summed E-state index contributed by atoms with van der Waals surface area (Å²) in [5.74, 6) is 2.96. The Labute approximate surface area is 57.1 Å². The van der Waals surface area contributed by atoms with E-state index in [1.807, 2.05) is 0 Å². The molecule has 0 rings (SSSR count). The molecule has 0 radical (unpaired) electrons. The molecule has 0 unspecified atom stereocenters. The van der Waals surface area contributed by atoms with Crippen LogP contribution in [0.15, 0.2) is 0 Å². The molecule has 0 aromatic heterocycles. The van der Waals surface area contributed by atoms with Crippen LogP contribution in [-0.4, -0.2) is 11.2 Å². The maximum absolute atomic E-state index is 9.08. The second kappa shape index (κ2) is 4.40. The van der Waals surface area contributed by atoms with Gasteiger partial charge in [0.15, 0.2) is 0 Å². The molecular weight excluding hydrogens is 112 g/mol. The number of hydrogen-bond donors (Lipinski definition) is 1. The summed E-state index contributed by atoms with van der Waals surface area (Å²) in [7, 11) is 0. The van der Waals surface area contributed by atoms with Gasteiger partial charge in [0.25, 0.3) is 0 Å². The van der Waals surface area contributed by atoms with Gasteiger partial charge in [-0.25, -0.2) is 0 Å². The Bertz CT molecular complexity index is 99.6. The summed E-state index contributed by atoms with van der Waals surface area (Å²) >= 11 is 0. The van der Waals surface area contributed by atoms with Crippen LogP contribution in [0.5, 0.6) is 0 Å². The van der Waals surface area contributed by atoms with Gasteiger partial charge in [-0.15, -0.1) is 12.3 Å². The molecule has 0 bridgehead atoms. The van der Waals surface area contributed by atoms with E-state index in [1.54, 1.807) is 0 Å². The van der Waals surface area contributed by atoms with Crippen molar-refractivity contribution in [2.45, 2.75) is 32.8 Å². The van der Waals surface area contributed by atoms with Gasteiger partial charge in [0.1, 0.15) is 0 Å². The number of aliphatic hydroxyl groups is 1. The summed E-state index contributed by atoms with van der Waals surface area (Å²) in [4.78, 5) is 0. The predicted octanol–water partition coefficient (Wildman–Crippen LogP) is 1.42. The van der Waals surface area contributed by atoms with Crippen LogP contribution in [0.2, 0.25) is 0 Å². The highest BCUT2D eigenvalue weighted by atomic mass is 16.3. The van der Waals surface area contributed by atoms with Gasteiger partial charge in [-0.1, -0.05) is 13.8 Å². The normalized spacial score (nSPS) is 13.2. The molecule has 0 amide bonds. The summed E-state index contributed by atoms with van der Waals surface area (Å²) in [5, 5.41) is 9.08. The minimum Gasteiger partial charge on any atom is -0.392 e. The third kappa shape index (κ3) is 5.39. The lowest BCUT2D eigenvalue weighted by Gasteiger charge is -2.08. The fourth-order valence-electron chi connectivity index (χ4n) is 0.764. The second-order valence-electron chi connectivity index (χ2n) is 2.69. The quantitative estimate of drug-likeness (QED) is 0.567. The Hall–Kier alpha value is -0.480. The van der Waals surface area contributed by atoms with Crippen molar-refractivity contribution < 1.29 is 5.11 Å². The highest BCUT2D eigenvalue weighted by molar-refractivity contribution is 4.86. The van der Waals surface area contributed by atoms with Gasteiger partial charge in [0.2, 0.25) is 0 Å². The van der Waals surface area contributed by atoms with Gasteiger partial charge in [-0.3, -0.25) is 0 Å². The zero-order valence-corrected chi connectivity index (χ0v) is 6.09. The van der Waals surface area contributed by atoms with E-state index in [4.69, 9.17) is 11.5 Å². The lowest BCUT2D eigenvalue weighted by molar-refractivity contribution is 0.154. The Balaban J connectivity index is 3.29. The van der Waals surface area contributed by atoms with E-state index in [0.29, 0.717) is 12.3 Å². The van der Waals surface area contributed by atoms with E-state index in [-0.39, 0.29) is 6.10 Å². The minimum absolute atomic E-state index is 0.296. The molecule has 0 fully saturated rings. The van der Waals surface area contributed by atoms with Crippen LogP contribution in [-0.2, 0) is 0 Å². The molecule has 0 aliphatic rings. The first-order valence-electron chi connectivity index (χ1n) is 3.28. The largest absolute Gasteiger partial charge is 0.392 e. The van der Waals surface area contributed by atoms with E-state index in [1.165, 1.54) is 0 Å². The molecule has 1 heteroatoms. The average molecular weight is 126 g/mol. The van der Waals surface area contributed by atoms with Crippen molar-refractivity contribution in [1.82, 2.24) is 0 Å². The molecule has 0 aliphatic carbocycles. The fourth-order valence-corrected chi connectivity index (χ4v) is 0.764. The van der Waals surface area contributed by atoms with Crippen molar-refractivity contribution in [2.75, 3.05) is 0 Å². The lowest BCUT2D eigenvalue weighted by atomic mass is 10.0. The Kier molecular flexibility index (Phi) is 4.17. The molecule has 1 atom stereocenters. The average Bonchev–Trinajstić information content (AvgIpc) is 1.63. The van der Waals surface area contributed by atoms with E-state index < -0.39 is 0 Å². The lowest BCUT2D eigenvalue weighted by Crippen LogP contribution is -2.08. The summed E-state index contributed by atoms with van der Waals surface area (Å²) in [6, 6.07) is 0. The van der Waals surface area contributed by atoms with Crippen LogP contribution in [0.1, 0.15) is 26.7 Å². The second-order valence-corrected chi connectivity index (χ2v) is 2.69. The van der Waals surface area contributed by atoms with Crippen molar-refractivity contribution in [1.29, 1.82) is 0 Å². The molecule has 0 spiro atoms. The van der Waals surface area contributed by atoms with Crippen molar-refractivity contribution >= 4 is 0 Å². The molecule has 52 valence electrons. The van der Waals surface area contributed by atoms with Crippen LogP contribution in [0.4, 0.5) is 0 Å². The smallest absolute Gasteiger partial charge is 0.0651 e. The van der Waals surface area contributed by atoms with Crippen molar-refractivity contribution in [2.24, 2.45) is 5.92 Å². The van der Waals surface area contributed by atoms with Gasteiger partial charge in [-0.2, -0.15) is 0 Å². The van der Waals surface area contributed by atoms with Crippen molar-refractivity contribution in [3.63, 3.8) is 0 Å². The Morgan fingerprint density at radius 2 is 2.11 bits per heavy atom. The van der Waals surface area contributed by atoms with E-state index >= 15 is 0 Å². The molecular formula is C8H14O. The van der Waals surface area contributed by atoms with Gasteiger partial charge < -0.3 is 5.11 Å². The number of terminal acetylenes is 1. The summed E-state index contributed by atoms with van der Waals surface area (Å²) < 4.78 is 0. The molecule has 0 saturated carbocycles. The van der Waals surface area contributed by atoms with E-state index in [2.05, 4.69) is 19.8 Å². The molecule has 1 N–H and O–H groups in total. The topological polar surface area (TPSA) is 20.2 Å². The number of aliphatic hydroxyl groups excluding tert-OH is 1. The first-order chi connectivity index (χ1) is 4.16. The standard InChI is InChI=1S/C8H14O/c1-4-5-8(9)6-7(2)3/h1,7-9H,5-6H2,2-3H3/t8-/m0/s1. The Morgan fingerprint density at radius 1 is 1.56 bits per heavy atom. The fraction of sp³-hybridized carbons (Fsp3) is 0.750. The monoisotopic (exact) mass is 126 g/mol. The zero-order valence-electron chi connectivity index (χ0n) is 6.09. The van der Waals surface area contributed by atoms with E-state index in [9.17, 15) is 0 Å². The SMILES string of the molecule is C#CC[C@H](O)CC(C)C. The molecule has 0 aliphatic heterocycles. The highest BCUT2D eigenvalue weighted by Gasteiger charge is 2.03. The van der Waals surface area contributed by atoms with Crippen LogP contribution >= 0.6 is 0 Å². The third-order valence-corrected chi connectivity index (χ3v) is 1.10. The predicted molar refractivity (Wildman–Crippen MR) is 38.9 cm³/mol. The van der Waals surface area contributed by atoms with Gasteiger partial charge in [0, 0.05) is 6.42 Å². The molecule has 1 nitrogen and oxygen atoms in total. The highest BCUT2D eigenvalue weighted by Crippen LogP contribution is 2.05. The van der Waals surface area contributed by atoms with E-state index in [0.717, 1.165) is 6.42 Å². The summed E-state index contributed by atoms with van der Waals surface area (Å²) in [5.41, 5.74) is 0.